The fourth-order valence-corrected chi connectivity index (χ4v) is 3.87. The largest absolute Gasteiger partial charge is 0.373 e. The van der Waals surface area contributed by atoms with Crippen LogP contribution in [0.15, 0.2) is 28.8 Å². The lowest BCUT2D eigenvalue weighted by Gasteiger charge is -2.41. The van der Waals surface area contributed by atoms with Gasteiger partial charge >= 0.3 is 0 Å². The molecule has 5 atom stereocenters. The van der Waals surface area contributed by atoms with Crippen molar-refractivity contribution in [3.05, 3.63) is 23.8 Å². The van der Waals surface area contributed by atoms with E-state index in [2.05, 4.69) is 29.1 Å². The number of nitrogens with zero attached hydrogens (tertiary/aromatic N) is 2. The third kappa shape index (κ3) is 4.47. The van der Waals surface area contributed by atoms with E-state index in [9.17, 15) is 0 Å². The van der Waals surface area contributed by atoms with Gasteiger partial charge in [-0.15, -0.1) is 0 Å². The number of nitrogens with two attached hydrogens (primary N) is 1. The molecule has 0 bridgehead atoms. The average molecular weight is 361 g/mol. The fourth-order valence-electron chi connectivity index (χ4n) is 3.87. The first kappa shape index (κ1) is 19.4. The van der Waals surface area contributed by atoms with Crippen molar-refractivity contribution in [1.29, 1.82) is 5.41 Å². The van der Waals surface area contributed by atoms with Crippen molar-refractivity contribution in [2.45, 2.75) is 57.7 Å². The van der Waals surface area contributed by atoms with Gasteiger partial charge in [0.1, 0.15) is 0 Å². The van der Waals surface area contributed by atoms with Gasteiger partial charge in [0, 0.05) is 26.1 Å². The van der Waals surface area contributed by atoms with E-state index in [4.69, 9.17) is 20.6 Å². The average Bonchev–Trinajstić information content (AvgIpc) is 2.62. The summed E-state index contributed by atoms with van der Waals surface area (Å²) in [6, 6.07) is -0.279. The smallest absolute Gasteiger partial charge is 0.0945 e. The summed E-state index contributed by atoms with van der Waals surface area (Å²) in [5.41, 5.74) is 8.26. The Kier molecular flexibility index (Phi) is 6.37. The number of hydrogen-bond donors (Lipinski definition) is 3. The zero-order chi connectivity index (χ0) is 18.7. The van der Waals surface area contributed by atoms with E-state index in [0.717, 1.165) is 24.4 Å². The van der Waals surface area contributed by atoms with Crippen molar-refractivity contribution in [2.24, 2.45) is 10.7 Å². The van der Waals surface area contributed by atoms with E-state index >= 15 is 0 Å². The maximum atomic E-state index is 8.67. The number of aliphatic imine (C=N–C) groups is 1. The second-order valence-electron chi connectivity index (χ2n) is 7.23. The Labute approximate surface area is 155 Å². The van der Waals surface area contributed by atoms with Crippen molar-refractivity contribution >= 4 is 11.4 Å². The molecule has 0 aromatic carbocycles. The molecule has 7 heteroatoms. The quantitative estimate of drug-likeness (QED) is 0.503. The first-order valence-electron chi connectivity index (χ1n) is 9.50. The highest BCUT2D eigenvalue weighted by Crippen LogP contribution is 2.20. The molecule has 0 spiro atoms. The summed E-state index contributed by atoms with van der Waals surface area (Å²) < 4.78 is 11.5. The summed E-state index contributed by atoms with van der Waals surface area (Å²) in [5.74, 6) is 0. The van der Waals surface area contributed by atoms with Gasteiger partial charge in [-0.25, -0.2) is 0 Å². The summed E-state index contributed by atoms with van der Waals surface area (Å²) in [6.45, 7) is 9.10. The molecule has 0 aromatic heterocycles. The summed E-state index contributed by atoms with van der Waals surface area (Å²) in [7, 11) is 0. The van der Waals surface area contributed by atoms with Crippen LogP contribution in [0, 0.1) is 5.41 Å². The number of morpholine rings is 1. The molecule has 144 valence electrons. The zero-order valence-electron chi connectivity index (χ0n) is 15.9. The van der Waals surface area contributed by atoms with Crippen LogP contribution in [0.25, 0.3) is 0 Å². The summed E-state index contributed by atoms with van der Waals surface area (Å²) >= 11 is 0. The van der Waals surface area contributed by atoms with Gasteiger partial charge in [-0.1, -0.05) is 12.2 Å². The van der Waals surface area contributed by atoms with Gasteiger partial charge in [-0.05, 0) is 32.4 Å². The third-order valence-corrected chi connectivity index (χ3v) is 5.02. The molecule has 4 N–H and O–H groups in total. The Morgan fingerprint density at radius 3 is 2.81 bits per heavy atom. The van der Waals surface area contributed by atoms with Gasteiger partial charge in [0.2, 0.25) is 0 Å². The minimum Gasteiger partial charge on any atom is -0.373 e. The lowest BCUT2D eigenvalue weighted by Crippen LogP contribution is -2.57. The van der Waals surface area contributed by atoms with Crippen molar-refractivity contribution in [3.63, 3.8) is 0 Å². The van der Waals surface area contributed by atoms with Crippen molar-refractivity contribution < 1.29 is 9.47 Å². The van der Waals surface area contributed by atoms with Gasteiger partial charge in [-0.2, -0.15) is 0 Å². The molecule has 5 unspecified atom stereocenters. The van der Waals surface area contributed by atoms with E-state index in [-0.39, 0.29) is 30.5 Å². The predicted molar refractivity (Wildman–Crippen MR) is 104 cm³/mol. The molecule has 26 heavy (non-hydrogen) atoms. The van der Waals surface area contributed by atoms with Crippen LogP contribution in [-0.2, 0) is 9.47 Å². The van der Waals surface area contributed by atoms with Crippen molar-refractivity contribution in [3.8, 4) is 0 Å². The molecule has 3 aliphatic rings. The van der Waals surface area contributed by atoms with E-state index in [0.29, 0.717) is 25.4 Å². The summed E-state index contributed by atoms with van der Waals surface area (Å²) in [6.07, 6.45) is 7.01. The van der Waals surface area contributed by atoms with Crippen LogP contribution in [0.3, 0.4) is 0 Å². The first-order chi connectivity index (χ1) is 12.5. The SMILES string of the molecule is CCOC1C=CC(N)C(C(=N)C2=NCNC(N3CC(C)OC(C)C3)C2)=C1. The third-order valence-electron chi connectivity index (χ3n) is 5.02. The van der Waals surface area contributed by atoms with Crippen LogP contribution in [0.1, 0.15) is 27.2 Å². The predicted octanol–water partition coefficient (Wildman–Crippen LogP) is 1.06. The van der Waals surface area contributed by atoms with Crippen LogP contribution < -0.4 is 11.1 Å². The second-order valence-corrected chi connectivity index (χ2v) is 7.23. The van der Waals surface area contributed by atoms with Gasteiger partial charge in [0.25, 0.3) is 0 Å². The maximum absolute atomic E-state index is 8.67. The monoisotopic (exact) mass is 361 g/mol. The van der Waals surface area contributed by atoms with Gasteiger partial charge < -0.3 is 15.2 Å². The molecule has 0 saturated carbocycles. The van der Waals surface area contributed by atoms with Crippen LogP contribution >= 0.6 is 0 Å². The lowest BCUT2D eigenvalue weighted by atomic mass is 9.91. The molecule has 2 heterocycles. The lowest BCUT2D eigenvalue weighted by molar-refractivity contribution is -0.0837. The number of rotatable bonds is 5. The highest BCUT2D eigenvalue weighted by molar-refractivity contribution is 6.47. The Balaban J connectivity index is 1.69. The number of ether oxygens (including phenoxy) is 2. The second kappa shape index (κ2) is 8.54. The van der Waals surface area contributed by atoms with Crippen LogP contribution in [0.4, 0.5) is 0 Å². The minimum absolute atomic E-state index is 0.116. The molecule has 2 aliphatic heterocycles. The van der Waals surface area contributed by atoms with Gasteiger partial charge in [0.05, 0.1) is 48.6 Å². The Morgan fingerprint density at radius 2 is 2.12 bits per heavy atom. The normalized spacial score (nSPS) is 35.8. The number of nitrogens with one attached hydrogen (secondary N) is 2. The van der Waals surface area contributed by atoms with Crippen molar-refractivity contribution in [2.75, 3.05) is 26.4 Å². The molecule has 3 rings (SSSR count). The molecule has 1 fully saturated rings. The highest BCUT2D eigenvalue weighted by Gasteiger charge is 2.32. The minimum atomic E-state index is -0.279. The van der Waals surface area contributed by atoms with Crippen molar-refractivity contribution in [1.82, 2.24) is 10.2 Å². The van der Waals surface area contributed by atoms with Gasteiger partial charge in [-0.3, -0.25) is 20.6 Å². The van der Waals surface area contributed by atoms with E-state index in [1.807, 2.05) is 25.2 Å². The maximum Gasteiger partial charge on any atom is 0.0945 e. The Bertz CT molecular complexity index is 605. The molecule has 1 aliphatic carbocycles. The number of hydrogen-bond acceptors (Lipinski definition) is 7. The topological polar surface area (TPSA) is 96.0 Å². The molecule has 7 nitrogen and oxygen atoms in total. The van der Waals surface area contributed by atoms with Crippen LogP contribution in [0.5, 0.6) is 0 Å². The molecular weight excluding hydrogens is 330 g/mol. The zero-order valence-corrected chi connectivity index (χ0v) is 15.9. The summed E-state index contributed by atoms with van der Waals surface area (Å²) in [4.78, 5) is 6.96. The molecule has 0 radical (unpaired) electrons. The van der Waals surface area contributed by atoms with E-state index < -0.39 is 0 Å². The van der Waals surface area contributed by atoms with Gasteiger partial charge in [0.15, 0.2) is 0 Å². The summed E-state index contributed by atoms with van der Waals surface area (Å²) in [5, 5.41) is 12.1. The van der Waals surface area contributed by atoms with E-state index in [1.54, 1.807) is 0 Å². The first-order valence-corrected chi connectivity index (χ1v) is 9.50. The van der Waals surface area contributed by atoms with Crippen LogP contribution in [0.2, 0.25) is 0 Å². The van der Waals surface area contributed by atoms with E-state index in [1.165, 1.54) is 0 Å². The fraction of sp³-hybridized carbons (Fsp3) is 0.684. The Hall–Kier alpha value is -1.38. The van der Waals surface area contributed by atoms with Crippen LogP contribution in [-0.4, -0.2) is 73.2 Å². The molecule has 0 amide bonds. The highest BCUT2D eigenvalue weighted by atomic mass is 16.5. The molecular formula is C19H31N5O2. The molecule has 1 saturated heterocycles. The standard InChI is InChI=1S/C19H31N5O2/c1-4-25-14-5-6-16(20)15(7-14)19(21)17-8-18(23-11-22-17)24-9-12(2)26-13(3)10-24/h5-7,12-14,16,18,21,23H,4,8-11,20H2,1-3H3. The Morgan fingerprint density at radius 1 is 1.38 bits per heavy atom. The molecule has 0 aromatic rings.